The van der Waals surface area contributed by atoms with Crippen LogP contribution in [-0.4, -0.2) is 28.3 Å². The number of carbonyl (C=O) groups excluding carboxylic acids is 1. The van der Waals surface area contributed by atoms with E-state index in [9.17, 15) is 4.79 Å². The van der Waals surface area contributed by atoms with E-state index in [4.69, 9.17) is 5.73 Å². The number of aromatic nitrogens is 1. The van der Waals surface area contributed by atoms with Gasteiger partial charge < -0.3 is 10.6 Å². The smallest absolute Gasteiger partial charge is 0.346 e. The van der Waals surface area contributed by atoms with Crippen molar-refractivity contribution in [1.29, 1.82) is 0 Å². The summed E-state index contributed by atoms with van der Waals surface area (Å²) in [5.74, 6) is 0.972. The molecule has 0 radical (unpaired) electrons. The first-order valence-electron chi connectivity index (χ1n) is 7.21. The molecule has 1 aliphatic heterocycles. The number of nitrogens with two attached hydrogens (primary N) is 1. The minimum Gasteiger partial charge on any atom is -0.385 e. The Balaban J connectivity index is 1.81. The Kier molecular flexibility index (Phi) is 2.67. The van der Waals surface area contributed by atoms with Crippen LogP contribution in [0.3, 0.4) is 0 Å². The number of nitrogens with zero attached hydrogens (tertiary/aromatic N) is 3. The summed E-state index contributed by atoms with van der Waals surface area (Å²) in [7, 11) is 0. The number of carbonyl (C=O) groups is 1. The fourth-order valence-electron chi connectivity index (χ4n) is 2.95. The van der Waals surface area contributed by atoms with Crippen LogP contribution in [0.5, 0.6) is 0 Å². The summed E-state index contributed by atoms with van der Waals surface area (Å²) < 4.78 is 0. The van der Waals surface area contributed by atoms with E-state index in [0.29, 0.717) is 11.8 Å². The molecular formula is C16H16N4O. The van der Waals surface area contributed by atoms with E-state index in [1.807, 2.05) is 30.5 Å². The molecule has 2 aliphatic rings. The third-order valence-corrected chi connectivity index (χ3v) is 4.21. The van der Waals surface area contributed by atoms with Gasteiger partial charge in [-0.1, -0.05) is 24.3 Å². The Labute approximate surface area is 122 Å². The van der Waals surface area contributed by atoms with Crippen LogP contribution < -0.4 is 5.73 Å². The van der Waals surface area contributed by atoms with Gasteiger partial charge in [0.15, 0.2) is 0 Å². The van der Waals surface area contributed by atoms with Crippen molar-refractivity contribution in [3.63, 3.8) is 0 Å². The van der Waals surface area contributed by atoms with Crippen molar-refractivity contribution in [2.75, 3.05) is 6.54 Å². The molecule has 106 valence electrons. The molecule has 0 saturated heterocycles. The topological polar surface area (TPSA) is 71.6 Å². The van der Waals surface area contributed by atoms with Gasteiger partial charge in [0.1, 0.15) is 11.9 Å². The Morgan fingerprint density at radius 3 is 2.86 bits per heavy atom. The molecule has 1 aromatic carbocycles. The quantitative estimate of drug-likeness (QED) is 0.938. The molecule has 5 heteroatoms. The second kappa shape index (κ2) is 4.55. The molecule has 0 bridgehead atoms. The van der Waals surface area contributed by atoms with Crippen LogP contribution in [0.15, 0.2) is 41.7 Å². The van der Waals surface area contributed by atoms with E-state index < -0.39 is 0 Å². The second-order valence-electron chi connectivity index (χ2n) is 5.77. The maximum atomic E-state index is 12.1. The Bertz CT molecular complexity index is 746. The number of aliphatic imine (C=N–C) groups is 1. The van der Waals surface area contributed by atoms with E-state index in [1.165, 1.54) is 12.8 Å². The molecule has 5 nitrogen and oxygen atoms in total. The van der Waals surface area contributed by atoms with E-state index in [0.717, 1.165) is 22.9 Å². The number of amides is 2. The molecular weight excluding hydrogens is 264 g/mol. The average molecular weight is 280 g/mol. The third kappa shape index (κ3) is 2.05. The van der Waals surface area contributed by atoms with Gasteiger partial charge in [-0.05, 0) is 24.1 Å². The van der Waals surface area contributed by atoms with Crippen LogP contribution >= 0.6 is 0 Å². The van der Waals surface area contributed by atoms with Crippen LogP contribution in [0.25, 0.3) is 10.8 Å². The molecule has 4 rings (SSSR count). The summed E-state index contributed by atoms with van der Waals surface area (Å²) in [5.41, 5.74) is 7.00. The normalized spacial score (nSPS) is 21.9. The molecule has 1 aromatic heterocycles. The zero-order chi connectivity index (χ0) is 14.4. The summed E-state index contributed by atoms with van der Waals surface area (Å²) in [5, 5.41) is 2.12. The lowest BCUT2D eigenvalue weighted by Crippen LogP contribution is -2.35. The standard InChI is InChI=1S/C16H16N4O/c17-15-14(20(16(21)19-15)9-10-5-6-10)13-8-18-7-11-3-1-2-4-12(11)13/h1-4,7-8,10,14H,5-6,9H2,(H2,17,19,21). The van der Waals surface area contributed by atoms with Crippen LogP contribution in [0.2, 0.25) is 0 Å². The Morgan fingerprint density at radius 2 is 2.05 bits per heavy atom. The van der Waals surface area contributed by atoms with Crippen molar-refractivity contribution >= 4 is 22.6 Å². The van der Waals surface area contributed by atoms with Gasteiger partial charge in [-0.2, -0.15) is 4.99 Å². The van der Waals surface area contributed by atoms with Gasteiger partial charge in [0.2, 0.25) is 0 Å². The summed E-state index contributed by atoms with van der Waals surface area (Å²) in [6, 6.07) is 7.52. The number of hydrogen-bond acceptors (Lipinski definition) is 3. The van der Waals surface area contributed by atoms with Crippen molar-refractivity contribution in [2.24, 2.45) is 16.6 Å². The first-order chi connectivity index (χ1) is 10.2. The van der Waals surface area contributed by atoms with Crippen molar-refractivity contribution < 1.29 is 4.79 Å². The molecule has 2 aromatic rings. The van der Waals surface area contributed by atoms with Gasteiger partial charge in [-0.3, -0.25) is 4.98 Å². The molecule has 1 atom stereocenters. The first-order valence-corrected chi connectivity index (χ1v) is 7.21. The fourth-order valence-corrected chi connectivity index (χ4v) is 2.95. The zero-order valence-electron chi connectivity index (χ0n) is 11.6. The molecule has 1 fully saturated rings. The number of urea groups is 1. The largest absolute Gasteiger partial charge is 0.385 e. The van der Waals surface area contributed by atoms with E-state index in [1.54, 1.807) is 11.1 Å². The van der Waals surface area contributed by atoms with Gasteiger partial charge in [0, 0.05) is 29.9 Å². The van der Waals surface area contributed by atoms with Crippen LogP contribution in [0, 0.1) is 5.92 Å². The Morgan fingerprint density at radius 1 is 1.24 bits per heavy atom. The molecule has 1 saturated carbocycles. The highest BCUT2D eigenvalue weighted by atomic mass is 16.2. The summed E-state index contributed by atoms with van der Waals surface area (Å²) >= 11 is 0. The first kappa shape index (κ1) is 12.3. The average Bonchev–Trinajstić information content (AvgIpc) is 3.26. The minimum atomic E-state index is -0.281. The van der Waals surface area contributed by atoms with Crippen molar-refractivity contribution in [3.05, 3.63) is 42.2 Å². The van der Waals surface area contributed by atoms with Crippen LogP contribution in [0.1, 0.15) is 24.4 Å². The predicted molar refractivity (Wildman–Crippen MR) is 80.9 cm³/mol. The van der Waals surface area contributed by atoms with Gasteiger partial charge in [0.05, 0.1) is 0 Å². The maximum Gasteiger partial charge on any atom is 0.346 e. The molecule has 2 heterocycles. The van der Waals surface area contributed by atoms with E-state index >= 15 is 0 Å². The van der Waals surface area contributed by atoms with Crippen molar-refractivity contribution in [3.8, 4) is 0 Å². The van der Waals surface area contributed by atoms with E-state index in [2.05, 4.69) is 9.98 Å². The number of rotatable bonds is 3. The van der Waals surface area contributed by atoms with Gasteiger partial charge >= 0.3 is 6.03 Å². The lowest BCUT2D eigenvalue weighted by molar-refractivity contribution is 0.204. The molecule has 21 heavy (non-hydrogen) atoms. The number of amidine groups is 1. The monoisotopic (exact) mass is 280 g/mol. The maximum absolute atomic E-state index is 12.1. The van der Waals surface area contributed by atoms with Crippen LogP contribution in [-0.2, 0) is 0 Å². The SMILES string of the molecule is NC1=NC(=O)N(CC2CC2)C1c1cncc2ccccc12. The summed E-state index contributed by atoms with van der Waals surface area (Å²) in [4.78, 5) is 22.2. The lowest BCUT2D eigenvalue weighted by atomic mass is 10.00. The Hall–Kier alpha value is -2.43. The fraction of sp³-hybridized carbons (Fsp3) is 0.312. The molecule has 2 amide bonds. The molecule has 1 unspecified atom stereocenters. The molecule has 0 spiro atoms. The van der Waals surface area contributed by atoms with Gasteiger partial charge in [-0.25, -0.2) is 4.79 Å². The lowest BCUT2D eigenvalue weighted by Gasteiger charge is -2.25. The van der Waals surface area contributed by atoms with Crippen molar-refractivity contribution in [2.45, 2.75) is 18.9 Å². The van der Waals surface area contributed by atoms with Crippen molar-refractivity contribution in [1.82, 2.24) is 9.88 Å². The predicted octanol–water partition coefficient (Wildman–Crippen LogP) is 2.48. The minimum absolute atomic E-state index is 0.225. The zero-order valence-corrected chi connectivity index (χ0v) is 11.6. The molecule has 1 aliphatic carbocycles. The highest BCUT2D eigenvalue weighted by Crippen LogP contribution is 2.36. The highest BCUT2D eigenvalue weighted by Gasteiger charge is 2.38. The van der Waals surface area contributed by atoms with Gasteiger partial charge in [-0.15, -0.1) is 0 Å². The second-order valence-corrected chi connectivity index (χ2v) is 5.77. The summed E-state index contributed by atoms with van der Waals surface area (Å²) in [6.45, 7) is 0.733. The van der Waals surface area contributed by atoms with Crippen LogP contribution in [0.4, 0.5) is 4.79 Å². The number of fused-ring (bicyclic) bond motifs is 1. The third-order valence-electron chi connectivity index (χ3n) is 4.21. The number of hydrogen-bond donors (Lipinski definition) is 1. The number of benzene rings is 1. The number of pyridine rings is 1. The van der Waals surface area contributed by atoms with Gasteiger partial charge in [0.25, 0.3) is 0 Å². The molecule has 2 N–H and O–H groups in total. The highest BCUT2D eigenvalue weighted by molar-refractivity contribution is 6.05. The van der Waals surface area contributed by atoms with E-state index in [-0.39, 0.29) is 12.1 Å². The summed E-state index contributed by atoms with van der Waals surface area (Å²) in [6.07, 6.45) is 6.00.